The lowest BCUT2D eigenvalue weighted by atomic mass is 10.4. The summed E-state index contributed by atoms with van der Waals surface area (Å²) in [5.74, 6) is 1.48. The first-order valence-electron chi connectivity index (χ1n) is 6.10. The third-order valence-electron chi connectivity index (χ3n) is 2.99. The lowest BCUT2D eigenvalue weighted by molar-refractivity contribution is 0.883. The number of aryl methyl sites for hydroxylation is 3. The number of fused-ring (bicyclic) bond motifs is 1. The van der Waals surface area contributed by atoms with Gasteiger partial charge in [0.15, 0.2) is 11.5 Å². The third-order valence-corrected chi connectivity index (χ3v) is 3.37. The maximum atomic E-state index is 4.48. The summed E-state index contributed by atoms with van der Waals surface area (Å²) in [6, 6.07) is 0. The molecule has 0 saturated heterocycles. The average molecular weight is 333 g/mol. The van der Waals surface area contributed by atoms with E-state index in [1.807, 2.05) is 43.8 Å². The second-order valence-corrected chi connectivity index (χ2v) is 5.37. The largest absolute Gasteiger partial charge is 0.333 e. The van der Waals surface area contributed by atoms with Gasteiger partial charge in [0.2, 0.25) is 0 Å². The minimum atomic E-state index is 0.642. The van der Waals surface area contributed by atoms with Gasteiger partial charge < -0.3 is 4.57 Å². The van der Waals surface area contributed by atoms with E-state index in [9.17, 15) is 0 Å². The van der Waals surface area contributed by atoms with Crippen molar-refractivity contribution in [2.24, 2.45) is 7.05 Å². The lowest BCUT2D eigenvalue weighted by Crippen LogP contribution is -1.97. The van der Waals surface area contributed by atoms with Crippen LogP contribution in [0.15, 0.2) is 17.0 Å². The van der Waals surface area contributed by atoms with Crippen LogP contribution in [0.3, 0.4) is 0 Å². The van der Waals surface area contributed by atoms with Crippen molar-refractivity contribution in [2.45, 2.75) is 13.8 Å². The molecule has 0 aliphatic rings. The number of hydrogen-bond donors (Lipinski definition) is 0. The van der Waals surface area contributed by atoms with E-state index in [1.54, 1.807) is 10.7 Å². The van der Waals surface area contributed by atoms with Crippen LogP contribution < -0.4 is 0 Å². The second-order valence-electron chi connectivity index (χ2n) is 4.56. The molecule has 0 N–H and O–H groups in total. The van der Waals surface area contributed by atoms with Crippen LogP contribution in [0.5, 0.6) is 0 Å². The van der Waals surface area contributed by atoms with E-state index in [1.165, 1.54) is 0 Å². The van der Waals surface area contributed by atoms with Crippen LogP contribution in [0.25, 0.3) is 17.8 Å². The van der Waals surface area contributed by atoms with Crippen LogP contribution >= 0.6 is 15.9 Å². The van der Waals surface area contributed by atoms with E-state index >= 15 is 0 Å². The molecule has 3 aromatic rings. The van der Waals surface area contributed by atoms with Crippen molar-refractivity contribution in [3.8, 4) is 0 Å². The van der Waals surface area contributed by atoms with Gasteiger partial charge in [0.25, 0.3) is 0 Å². The molecule has 3 heterocycles. The standard InChI is InChI=1S/C13H13BrN6/c1-8-6-15-9(2)13-17-11(18-20(8)13)4-5-12-16-10(14)7-19(12)3/h4-7H,1-3H3. The molecule has 20 heavy (non-hydrogen) atoms. The molecule has 0 atom stereocenters. The molecule has 0 amide bonds. The SMILES string of the molecule is Cc1ncc(C)n2nc(C=Cc3nc(Br)cn3C)nc12. The van der Waals surface area contributed by atoms with Gasteiger partial charge in [-0.2, -0.15) is 0 Å². The van der Waals surface area contributed by atoms with E-state index in [4.69, 9.17) is 0 Å². The molecule has 0 aliphatic carbocycles. The fourth-order valence-corrected chi connectivity index (χ4v) is 2.42. The number of halogens is 1. The Labute approximate surface area is 124 Å². The van der Waals surface area contributed by atoms with Gasteiger partial charge in [-0.15, -0.1) is 5.10 Å². The minimum Gasteiger partial charge on any atom is -0.333 e. The topological polar surface area (TPSA) is 60.9 Å². The predicted molar refractivity (Wildman–Crippen MR) is 80.1 cm³/mol. The fourth-order valence-electron chi connectivity index (χ4n) is 1.93. The van der Waals surface area contributed by atoms with E-state index < -0.39 is 0 Å². The fraction of sp³-hybridized carbons (Fsp3) is 0.231. The molecule has 0 radical (unpaired) electrons. The first-order valence-corrected chi connectivity index (χ1v) is 6.90. The first kappa shape index (κ1) is 13.0. The van der Waals surface area contributed by atoms with Crippen LogP contribution in [0.4, 0.5) is 0 Å². The summed E-state index contributed by atoms with van der Waals surface area (Å²) in [5, 5.41) is 4.45. The molecule has 0 saturated carbocycles. The van der Waals surface area contributed by atoms with Crippen LogP contribution in [-0.2, 0) is 7.05 Å². The quantitative estimate of drug-likeness (QED) is 0.723. The summed E-state index contributed by atoms with van der Waals surface area (Å²) in [4.78, 5) is 13.1. The summed E-state index contributed by atoms with van der Waals surface area (Å²) in [5.41, 5.74) is 2.60. The Morgan fingerprint density at radius 3 is 2.65 bits per heavy atom. The molecule has 0 bridgehead atoms. The highest BCUT2D eigenvalue weighted by atomic mass is 79.9. The van der Waals surface area contributed by atoms with Gasteiger partial charge in [0.1, 0.15) is 10.4 Å². The number of aromatic nitrogens is 6. The van der Waals surface area contributed by atoms with Gasteiger partial charge in [-0.3, -0.25) is 4.98 Å². The molecule has 0 fully saturated rings. The Morgan fingerprint density at radius 2 is 2.00 bits per heavy atom. The Morgan fingerprint density at radius 1 is 1.20 bits per heavy atom. The van der Waals surface area contributed by atoms with Gasteiger partial charge in [-0.05, 0) is 41.9 Å². The van der Waals surface area contributed by atoms with Crippen molar-refractivity contribution in [2.75, 3.05) is 0 Å². The van der Waals surface area contributed by atoms with E-state index in [0.29, 0.717) is 5.82 Å². The molecular formula is C13H13BrN6. The monoisotopic (exact) mass is 332 g/mol. The Bertz CT molecular complexity index is 775. The summed E-state index contributed by atoms with van der Waals surface area (Å²) in [7, 11) is 1.94. The molecular weight excluding hydrogens is 320 g/mol. The van der Waals surface area contributed by atoms with Crippen molar-refractivity contribution >= 4 is 33.7 Å². The van der Waals surface area contributed by atoms with Crippen molar-refractivity contribution in [1.82, 2.24) is 29.1 Å². The number of hydrogen-bond acceptors (Lipinski definition) is 4. The van der Waals surface area contributed by atoms with E-state index in [0.717, 1.165) is 27.5 Å². The maximum Gasteiger partial charge on any atom is 0.177 e. The van der Waals surface area contributed by atoms with Gasteiger partial charge in [-0.25, -0.2) is 14.5 Å². The highest BCUT2D eigenvalue weighted by Crippen LogP contribution is 2.12. The number of imidazole rings is 1. The first-order chi connectivity index (χ1) is 9.54. The number of rotatable bonds is 2. The second kappa shape index (κ2) is 4.82. The Kier molecular flexibility index (Phi) is 3.13. The highest BCUT2D eigenvalue weighted by molar-refractivity contribution is 9.10. The third kappa shape index (κ3) is 2.24. The zero-order chi connectivity index (χ0) is 14.3. The van der Waals surface area contributed by atoms with Gasteiger partial charge >= 0.3 is 0 Å². The average Bonchev–Trinajstić information content (AvgIpc) is 2.96. The van der Waals surface area contributed by atoms with Crippen LogP contribution in [0.2, 0.25) is 0 Å². The molecule has 6 nitrogen and oxygen atoms in total. The van der Waals surface area contributed by atoms with Crippen LogP contribution in [0, 0.1) is 13.8 Å². The molecule has 0 spiro atoms. The van der Waals surface area contributed by atoms with Gasteiger partial charge in [-0.1, -0.05) is 0 Å². The summed E-state index contributed by atoms with van der Waals surface area (Å²) in [6.45, 7) is 3.88. The highest BCUT2D eigenvalue weighted by Gasteiger charge is 2.07. The molecule has 102 valence electrons. The van der Waals surface area contributed by atoms with Crippen molar-refractivity contribution in [3.05, 3.63) is 40.0 Å². The van der Waals surface area contributed by atoms with E-state index in [2.05, 4.69) is 36.0 Å². The maximum absolute atomic E-state index is 4.48. The lowest BCUT2D eigenvalue weighted by Gasteiger charge is -1.97. The van der Waals surface area contributed by atoms with Gasteiger partial charge in [0, 0.05) is 19.4 Å². The molecule has 0 aliphatic heterocycles. The van der Waals surface area contributed by atoms with Crippen molar-refractivity contribution < 1.29 is 0 Å². The van der Waals surface area contributed by atoms with Crippen molar-refractivity contribution in [1.29, 1.82) is 0 Å². The minimum absolute atomic E-state index is 0.642. The summed E-state index contributed by atoms with van der Waals surface area (Å²) in [6.07, 6.45) is 7.42. The van der Waals surface area contributed by atoms with Gasteiger partial charge in [0.05, 0.1) is 11.4 Å². The van der Waals surface area contributed by atoms with Crippen LogP contribution in [0.1, 0.15) is 23.0 Å². The van der Waals surface area contributed by atoms with E-state index in [-0.39, 0.29) is 0 Å². The van der Waals surface area contributed by atoms with Crippen LogP contribution in [-0.4, -0.2) is 29.1 Å². The zero-order valence-electron chi connectivity index (χ0n) is 11.4. The molecule has 0 unspecified atom stereocenters. The zero-order valence-corrected chi connectivity index (χ0v) is 13.0. The Hall–Kier alpha value is -2.02. The normalized spacial score (nSPS) is 11.8. The molecule has 3 aromatic heterocycles. The molecule has 7 heteroatoms. The smallest absolute Gasteiger partial charge is 0.177 e. The Balaban J connectivity index is 2.01. The molecule has 3 rings (SSSR count). The molecule has 0 aromatic carbocycles. The predicted octanol–water partition coefficient (Wildman–Crippen LogP) is 2.41. The number of nitrogens with zero attached hydrogens (tertiary/aromatic N) is 6. The summed E-state index contributed by atoms with van der Waals surface area (Å²) >= 11 is 3.35. The summed E-state index contributed by atoms with van der Waals surface area (Å²) < 4.78 is 4.53. The van der Waals surface area contributed by atoms with Crippen molar-refractivity contribution in [3.63, 3.8) is 0 Å².